The minimum atomic E-state index is -4.85. The van der Waals surface area contributed by atoms with Gasteiger partial charge < -0.3 is 4.74 Å². The maximum Gasteiger partial charge on any atom is 0.433 e. The first kappa shape index (κ1) is 23.8. The zero-order valence-corrected chi connectivity index (χ0v) is 18.6. The molecule has 0 saturated heterocycles. The predicted molar refractivity (Wildman–Crippen MR) is 113 cm³/mol. The number of carbonyl (C=O) groups is 1. The molecule has 0 radical (unpaired) electrons. The molecule has 0 aliphatic heterocycles. The zero-order valence-electron chi connectivity index (χ0n) is 17.0. The average Bonchev–Trinajstić information content (AvgIpc) is 3.07. The normalized spacial score (nSPS) is 12.1. The van der Waals surface area contributed by atoms with Gasteiger partial charge in [-0.3, -0.25) is 4.79 Å². The van der Waals surface area contributed by atoms with E-state index in [1.54, 1.807) is 6.92 Å². The Morgan fingerprint density at radius 3 is 2.12 bits per heavy atom. The van der Waals surface area contributed by atoms with E-state index < -0.39 is 34.2 Å². The van der Waals surface area contributed by atoms with Crippen molar-refractivity contribution in [3.05, 3.63) is 59.2 Å². The van der Waals surface area contributed by atoms with Gasteiger partial charge >= 0.3 is 12.1 Å². The molecule has 0 aliphatic rings. The molecule has 6 nitrogen and oxygen atoms in total. The number of benzene rings is 2. The van der Waals surface area contributed by atoms with E-state index in [4.69, 9.17) is 16.3 Å². The molecule has 11 heteroatoms. The number of halogens is 4. The summed E-state index contributed by atoms with van der Waals surface area (Å²) in [5, 5.41) is 4.41. The van der Waals surface area contributed by atoms with Gasteiger partial charge in [-0.2, -0.15) is 18.3 Å². The van der Waals surface area contributed by atoms with Gasteiger partial charge in [-0.1, -0.05) is 35.9 Å². The first-order valence-corrected chi connectivity index (χ1v) is 11.6. The number of rotatable bonds is 6. The topological polar surface area (TPSA) is 78.3 Å². The van der Waals surface area contributed by atoms with Crippen LogP contribution in [0.4, 0.5) is 13.2 Å². The van der Waals surface area contributed by atoms with E-state index in [2.05, 4.69) is 5.10 Å². The van der Waals surface area contributed by atoms with Crippen molar-refractivity contribution in [3.8, 4) is 22.4 Å². The molecular weight excluding hydrogens is 469 g/mol. The van der Waals surface area contributed by atoms with Crippen LogP contribution in [0.5, 0.6) is 0 Å². The highest BCUT2D eigenvalue weighted by Gasteiger charge is 2.41. The molecule has 1 aromatic heterocycles. The van der Waals surface area contributed by atoms with Crippen molar-refractivity contribution in [1.82, 2.24) is 9.78 Å². The summed E-state index contributed by atoms with van der Waals surface area (Å²) in [6.07, 6.45) is -3.82. The maximum absolute atomic E-state index is 14.1. The molecule has 2 aromatic carbocycles. The highest BCUT2D eigenvalue weighted by Crippen LogP contribution is 2.43. The van der Waals surface area contributed by atoms with E-state index in [-0.39, 0.29) is 33.9 Å². The van der Waals surface area contributed by atoms with Gasteiger partial charge in [0.05, 0.1) is 11.5 Å². The quantitative estimate of drug-likeness (QED) is 0.465. The molecule has 3 rings (SSSR count). The molecule has 0 bridgehead atoms. The minimum Gasteiger partial charge on any atom is -0.465 e. The number of ether oxygens (including phenoxy) is 1. The van der Waals surface area contributed by atoms with E-state index in [0.29, 0.717) is 9.70 Å². The summed E-state index contributed by atoms with van der Waals surface area (Å²) in [5.41, 5.74) is -1.03. The van der Waals surface area contributed by atoms with Crippen LogP contribution in [0.2, 0.25) is 5.02 Å². The third kappa shape index (κ3) is 5.13. The Labute approximate surface area is 187 Å². The molecule has 0 unspecified atom stereocenters. The Morgan fingerprint density at radius 2 is 1.62 bits per heavy atom. The Morgan fingerprint density at radius 1 is 1.06 bits per heavy atom. The molecule has 0 N–H and O–H groups in total. The van der Waals surface area contributed by atoms with Crippen LogP contribution >= 0.6 is 11.6 Å². The fourth-order valence-corrected chi connectivity index (χ4v) is 3.90. The van der Waals surface area contributed by atoms with Gasteiger partial charge in [0, 0.05) is 22.4 Å². The van der Waals surface area contributed by atoms with Gasteiger partial charge in [-0.05, 0) is 36.8 Å². The molecular formula is C21H18ClF3N2O4S. The van der Waals surface area contributed by atoms with Crippen molar-refractivity contribution in [1.29, 1.82) is 0 Å². The van der Waals surface area contributed by atoms with E-state index in [9.17, 15) is 26.4 Å². The second kappa shape index (κ2) is 8.95. The molecule has 170 valence electrons. The fourth-order valence-electron chi connectivity index (χ4n) is 3.15. The SMILES string of the molecule is CCOC(=O)Cn1nc(-c2ccc(S(C)(=O)=O)cc2)c(-c2ccc(Cl)cc2)c1C(F)(F)F. The zero-order chi connectivity index (χ0) is 23.7. The second-order valence-electron chi connectivity index (χ2n) is 6.84. The minimum absolute atomic E-state index is 0.00526. The Hall–Kier alpha value is -2.85. The van der Waals surface area contributed by atoms with Crippen LogP contribution in [0.15, 0.2) is 53.4 Å². The Balaban J connectivity index is 2.28. The number of carbonyl (C=O) groups excluding carboxylic acids is 1. The second-order valence-corrected chi connectivity index (χ2v) is 9.29. The summed E-state index contributed by atoms with van der Waals surface area (Å²) in [6.45, 7) is 0.801. The Bertz CT molecular complexity index is 1240. The molecule has 0 aliphatic carbocycles. The number of hydrogen-bond acceptors (Lipinski definition) is 5. The van der Waals surface area contributed by atoms with Gasteiger partial charge in [0.1, 0.15) is 12.2 Å². The molecule has 32 heavy (non-hydrogen) atoms. The number of alkyl halides is 3. The van der Waals surface area contributed by atoms with Crippen LogP contribution < -0.4 is 0 Å². The lowest BCUT2D eigenvalue weighted by Gasteiger charge is -2.13. The van der Waals surface area contributed by atoms with Crippen molar-refractivity contribution < 1.29 is 31.1 Å². The first-order chi connectivity index (χ1) is 14.9. The van der Waals surface area contributed by atoms with Crippen molar-refractivity contribution in [2.24, 2.45) is 0 Å². The summed E-state index contributed by atoms with van der Waals surface area (Å²) in [7, 11) is -3.50. The number of nitrogens with zero attached hydrogens (tertiary/aromatic N) is 2. The number of sulfone groups is 1. The van der Waals surface area contributed by atoms with Crippen LogP contribution in [-0.2, 0) is 32.1 Å². The van der Waals surface area contributed by atoms with E-state index in [1.165, 1.54) is 48.5 Å². The lowest BCUT2D eigenvalue weighted by atomic mass is 9.98. The van der Waals surface area contributed by atoms with Crippen molar-refractivity contribution in [3.63, 3.8) is 0 Å². The van der Waals surface area contributed by atoms with E-state index >= 15 is 0 Å². The summed E-state index contributed by atoms with van der Waals surface area (Å²) in [5.74, 6) is -0.873. The lowest BCUT2D eigenvalue weighted by Crippen LogP contribution is -2.21. The van der Waals surface area contributed by atoms with Crippen LogP contribution in [-0.4, -0.2) is 37.0 Å². The van der Waals surface area contributed by atoms with Gasteiger partial charge in [-0.25, -0.2) is 13.1 Å². The van der Waals surface area contributed by atoms with Crippen molar-refractivity contribution in [2.45, 2.75) is 24.5 Å². The van der Waals surface area contributed by atoms with Gasteiger partial charge in [0.15, 0.2) is 15.5 Å². The van der Waals surface area contributed by atoms with Gasteiger partial charge in [0.25, 0.3) is 0 Å². The lowest BCUT2D eigenvalue weighted by molar-refractivity contribution is -0.149. The van der Waals surface area contributed by atoms with E-state index in [0.717, 1.165) is 6.26 Å². The molecule has 0 fully saturated rings. The molecule has 0 atom stereocenters. The molecule has 1 heterocycles. The summed E-state index contributed by atoms with van der Waals surface area (Å²) < 4.78 is 71.3. The first-order valence-electron chi connectivity index (χ1n) is 9.32. The highest BCUT2D eigenvalue weighted by molar-refractivity contribution is 7.90. The molecule has 0 amide bonds. The third-order valence-electron chi connectivity index (χ3n) is 4.49. The summed E-state index contributed by atoms with van der Waals surface area (Å²) in [6, 6.07) is 11.0. The fraction of sp³-hybridized carbons (Fsp3) is 0.238. The number of aromatic nitrogens is 2. The number of hydrogen-bond donors (Lipinski definition) is 0. The largest absolute Gasteiger partial charge is 0.465 e. The smallest absolute Gasteiger partial charge is 0.433 e. The predicted octanol–water partition coefficient (Wildman–Crippen LogP) is 4.86. The molecule has 3 aromatic rings. The molecule has 0 saturated carbocycles. The maximum atomic E-state index is 14.1. The third-order valence-corrected chi connectivity index (χ3v) is 5.87. The van der Waals surface area contributed by atoms with Crippen molar-refractivity contribution >= 4 is 27.4 Å². The van der Waals surface area contributed by atoms with Crippen LogP contribution in [0.25, 0.3) is 22.4 Å². The van der Waals surface area contributed by atoms with Crippen molar-refractivity contribution in [2.75, 3.05) is 12.9 Å². The van der Waals surface area contributed by atoms with Gasteiger partial charge in [-0.15, -0.1) is 0 Å². The molecule has 0 spiro atoms. The monoisotopic (exact) mass is 486 g/mol. The summed E-state index contributed by atoms with van der Waals surface area (Å²) >= 11 is 5.89. The summed E-state index contributed by atoms with van der Waals surface area (Å²) in [4.78, 5) is 12.0. The Kier molecular flexibility index (Phi) is 6.66. The number of esters is 1. The van der Waals surface area contributed by atoms with Gasteiger partial charge in [0.2, 0.25) is 0 Å². The van der Waals surface area contributed by atoms with Crippen LogP contribution in [0.1, 0.15) is 12.6 Å². The highest BCUT2D eigenvalue weighted by atomic mass is 35.5. The van der Waals surface area contributed by atoms with Crippen LogP contribution in [0, 0.1) is 0 Å². The average molecular weight is 487 g/mol. The van der Waals surface area contributed by atoms with Crippen LogP contribution in [0.3, 0.4) is 0 Å². The van der Waals surface area contributed by atoms with E-state index in [1.807, 2.05) is 0 Å². The standard InChI is InChI=1S/C21H18ClF3N2O4S/c1-3-31-17(28)12-27-20(21(23,24)25)18(13-4-8-15(22)9-5-13)19(26-27)14-6-10-16(11-7-14)32(2,29)30/h4-11H,3,12H2,1-2H3.